The highest BCUT2D eigenvalue weighted by Gasteiger charge is 2.08. The van der Waals surface area contributed by atoms with Crippen LogP contribution in [0.3, 0.4) is 0 Å². The Hall–Kier alpha value is -1.68. The molecule has 0 fully saturated rings. The molecule has 0 saturated heterocycles. The molecule has 0 aliphatic carbocycles. The molecule has 6 heteroatoms. The van der Waals surface area contributed by atoms with Crippen LogP contribution < -0.4 is 10.1 Å². The Kier molecular flexibility index (Phi) is 5.72. The lowest BCUT2D eigenvalue weighted by molar-refractivity contribution is -0.111. The van der Waals surface area contributed by atoms with Crippen molar-refractivity contribution in [1.82, 2.24) is 0 Å². The lowest BCUT2D eigenvalue weighted by Gasteiger charge is -2.08. The van der Waals surface area contributed by atoms with Gasteiger partial charge >= 0.3 is 0 Å². The first-order valence-electron chi connectivity index (χ1n) is 6.27. The van der Waals surface area contributed by atoms with Crippen molar-refractivity contribution in [3.8, 4) is 5.75 Å². The number of nitrogens with one attached hydrogen (secondary N) is 1. The summed E-state index contributed by atoms with van der Waals surface area (Å²) >= 11 is 17.8. The van der Waals surface area contributed by atoms with Crippen molar-refractivity contribution < 1.29 is 9.53 Å². The highest BCUT2D eigenvalue weighted by Crippen LogP contribution is 2.32. The van der Waals surface area contributed by atoms with E-state index in [0.29, 0.717) is 32.1 Å². The zero-order valence-electron chi connectivity index (χ0n) is 11.6. The van der Waals surface area contributed by atoms with Gasteiger partial charge in [0.05, 0.1) is 12.1 Å². The van der Waals surface area contributed by atoms with Gasteiger partial charge in [-0.25, -0.2) is 0 Å². The van der Waals surface area contributed by atoms with Crippen LogP contribution in [0.4, 0.5) is 5.69 Å². The lowest BCUT2D eigenvalue weighted by Crippen LogP contribution is -2.07. The third-order valence-electron chi connectivity index (χ3n) is 2.77. The molecule has 0 saturated carbocycles. The SMILES string of the molecule is COc1c(Cl)cc(Cl)cc1/C=C/C(=O)Nc1ccc(Cl)cc1. The van der Waals surface area contributed by atoms with E-state index in [0.717, 1.165) is 0 Å². The van der Waals surface area contributed by atoms with Crippen molar-refractivity contribution in [2.45, 2.75) is 0 Å². The van der Waals surface area contributed by atoms with E-state index in [9.17, 15) is 4.79 Å². The Morgan fingerprint density at radius 2 is 1.77 bits per heavy atom. The largest absolute Gasteiger partial charge is 0.495 e. The molecule has 0 spiro atoms. The van der Waals surface area contributed by atoms with Crippen LogP contribution in [0.1, 0.15) is 5.56 Å². The lowest BCUT2D eigenvalue weighted by atomic mass is 10.2. The summed E-state index contributed by atoms with van der Waals surface area (Å²) in [6, 6.07) is 10.1. The minimum absolute atomic E-state index is 0.291. The Morgan fingerprint density at radius 1 is 1.09 bits per heavy atom. The van der Waals surface area contributed by atoms with Gasteiger partial charge in [0, 0.05) is 27.4 Å². The molecule has 0 unspecified atom stereocenters. The van der Waals surface area contributed by atoms with E-state index in [1.54, 1.807) is 42.5 Å². The van der Waals surface area contributed by atoms with Gasteiger partial charge < -0.3 is 10.1 Å². The number of rotatable bonds is 4. The van der Waals surface area contributed by atoms with Gasteiger partial charge in [0.2, 0.25) is 5.91 Å². The maximum atomic E-state index is 11.9. The fourth-order valence-corrected chi connectivity index (χ4v) is 2.51. The summed E-state index contributed by atoms with van der Waals surface area (Å²) in [7, 11) is 1.50. The number of hydrogen-bond donors (Lipinski definition) is 1. The van der Waals surface area contributed by atoms with Gasteiger partial charge in [-0.2, -0.15) is 0 Å². The van der Waals surface area contributed by atoms with Gasteiger partial charge in [0.15, 0.2) is 0 Å². The normalized spacial score (nSPS) is 10.7. The van der Waals surface area contributed by atoms with Crippen molar-refractivity contribution in [3.05, 3.63) is 63.1 Å². The van der Waals surface area contributed by atoms with Crippen molar-refractivity contribution in [2.24, 2.45) is 0 Å². The minimum Gasteiger partial charge on any atom is -0.495 e. The van der Waals surface area contributed by atoms with Crippen LogP contribution in [0.25, 0.3) is 6.08 Å². The molecule has 3 nitrogen and oxygen atoms in total. The Morgan fingerprint density at radius 3 is 2.41 bits per heavy atom. The van der Waals surface area contributed by atoms with E-state index in [1.807, 2.05) is 0 Å². The topological polar surface area (TPSA) is 38.3 Å². The number of anilines is 1. The number of amides is 1. The number of carbonyl (C=O) groups is 1. The van der Waals surface area contributed by atoms with Crippen LogP contribution in [0.5, 0.6) is 5.75 Å². The molecule has 1 N–H and O–H groups in total. The molecule has 22 heavy (non-hydrogen) atoms. The maximum absolute atomic E-state index is 11.9. The van der Waals surface area contributed by atoms with Crippen LogP contribution in [0.2, 0.25) is 15.1 Å². The van der Waals surface area contributed by atoms with Crippen molar-refractivity contribution >= 4 is 52.5 Å². The zero-order valence-corrected chi connectivity index (χ0v) is 13.8. The van der Waals surface area contributed by atoms with Crippen LogP contribution in [0, 0.1) is 0 Å². The number of carbonyl (C=O) groups excluding carboxylic acids is 1. The summed E-state index contributed by atoms with van der Waals surface area (Å²) < 4.78 is 5.21. The van der Waals surface area contributed by atoms with E-state index in [4.69, 9.17) is 39.5 Å². The first-order chi connectivity index (χ1) is 10.5. The molecule has 2 aromatic rings. The summed E-state index contributed by atoms with van der Waals surface area (Å²) in [6.45, 7) is 0. The molecule has 0 bridgehead atoms. The molecule has 114 valence electrons. The third kappa shape index (κ3) is 4.41. The summed E-state index contributed by atoms with van der Waals surface area (Å²) in [5.41, 5.74) is 1.27. The second-order valence-corrected chi connectivity index (χ2v) is 5.62. The van der Waals surface area contributed by atoms with Crippen LogP contribution in [0.15, 0.2) is 42.5 Å². The predicted octanol–water partition coefficient (Wildman–Crippen LogP) is 5.31. The Bertz CT molecular complexity index is 712. The summed E-state index contributed by atoms with van der Waals surface area (Å²) in [4.78, 5) is 11.9. The molecule has 2 aromatic carbocycles. The third-order valence-corrected chi connectivity index (χ3v) is 3.52. The number of ether oxygens (including phenoxy) is 1. The van der Waals surface area contributed by atoms with Crippen molar-refractivity contribution in [1.29, 1.82) is 0 Å². The van der Waals surface area contributed by atoms with Gasteiger partial charge in [-0.1, -0.05) is 34.8 Å². The summed E-state index contributed by atoms with van der Waals surface area (Å²) in [6.07, 6.45) is 2.96. The van der Waals surface area contributed by atoms with Crippen molar-refractivity contribution in [3.63, 3.8) is 0 Å². The van der Waals surface area contributed by atoms with Crippen molar-refractivity contribution in [2.75, 3.05) is 12.4 Å². The number of methoxy groups -OCH3 is 1. The average Bonchev–Trinajstić information content (AvgIpc) is 2.47. The van der Waals surface area contributed by atoms with Crippen LogP contribution in [-0.4, -0.2) is 13.0 Å². The smallest absolute Gasteiger partial charge is 0.248 e. The maximum Gasteiger partial charge on any atom is 0.248 e. The highest BCUT2D eigenvalue weighted by atomic mass is 35.5. The first kappa shape index (κ1) is 16.7. The molecular formula is C16H12Cl3NO2. The van der Waals surface area contributed by atoms with E-state index in [1.165, 1.54) is 13.2 Å². The van der Waals surface area contributed by atoms with E-state index in [2.05, 4.69) is 5.32 Å². The second kappa shape index (κ2) is 7.54. The monoisotopic (exact) mass is 355 g/mol. The summed E-state index contributed by atoms with van der Waals surface area (Å²) in [5, 5.41) is 4.16. The van der Waals surface area contributed by atoms with Crippen LogP contribution in [-0.2, 0) is 4.79 Å². The number of benzene rings is 2. The number of hydrogen-bond acceptors (Lipinski definition) is 2. The predicted molar refractivity (Wildman–Crippen MR) is 92.1 cm³/mol. The molecule has 0 aliphatic heterocycles. The Labute approximate surface area is 143 Å². The molecule has 1 amide bonds. The van der Waals surface area contributed by atoms with Gasteiger partial charge in [-0.3, -0.25) is 4.79 Å². The molecule has 0 aromatic heterocycles. The standard InChI is InChI=1S/C16H12Cl3NO2/c1-22-16-10(8-12(18)9-14(16)19)2-7-15(21)20-13-5-3-11(17)4-6-13/h2-9H,1H3,(H,20,21)/b7-2+. The fourth-order valence-electron chi connectivity index (χ4n) is 1.80. The van der Waals surface area contributed by atoms with E-state index < -0.39 is 0 Å². The van der Waals surface area contributed by atoms with Gasteiger partial charge in [-0.15, -0.1) is 0 Å². The Balaban J connectivity index is 2.14. The molecule has 0 heterocycles. The van der Waals surface area contributed by atoms with E-state index in [-0.39, 0.29) is 5.91 Å². The molecule has 2 rings (SSSR count). The van der Waals surface area contributed by atoms with Gasteiger partial charge in [0.1, 0.15) is 5.75 Å². The van der Waals surface area contributed by atoms with Gasteiger partial charge in [-0.05, 0) is 42.5 Å². The van der Waals surface area contributed by atoms with Crippen LogP contribution >= 0.6 is 34.8 Å². The zero-order chi connectivity index (χ0) is 16.1. The fraction of sp³-hybridized carbons (Fsp3) is 0.0625. The quantitative estimate of drug-likeness (QED) is 0.754. The summed E-state index contributed by atoms with van der Waals surface area (Å²) in [5.74, 6) is 0.169. The van der Waals surface area contributed by atoms with Gasteiger partial charge in [0.25, 0.3) is 0 Å². The molecular weight excluding hydrogens is 345 g/mol. The number of halogens is 3. The highest BCUT2D eigenvalue weighted by molar-refractivity contribution is 6.36. The first-order valence-corrected chi connectivity index (χ1v) is 7.40. The molecule has 0 aliphatic rings. The second-order valence-electron chi connectivity index (χ2n) is 4.34. The molecule has 0 atom stereocenters. The van der Waals surface area contributed by atoms with E-state index >= 15 is 0 Å². The average molecular weight is 357 g/mol. The molecule has 0 radical (unpaired) electrons. The minimum atomic E-state index is -0.291.